The lowest BCUT2D eigenvalue weighted by molar-refractivity contribution is 0.0690. The summed E-state index contributed by atoms with van der Waals surface area (Å²) in [6.45, 7) is 0.971. The maximum Gasteiger partial charge on any atom is 0.354 e. The Kier molecular flexibility index (Phi) is 6.27. The minimum absolute atomic E-state index is 0.00197. The van der Waals surface area contributed by atoms with Gasteiger partial charge >= 0.3 is 5.97 Å². The van der Waals surface area contributed by atoms with Gasteiger partial charge in [0, 0.05) is 26.3 Å². The average Bonchev–Trinajstić information content (AvgIpc) is 2.39. The van der Waals surface area contributed by atoms with Crippen LogP contribution in [0.25, 0.3) is 0 Å². The first-order chi connectivity index (χ1) is 8.67. The second-order valence-corrected chi connectivity index (χ2v) is 3.86. The van der Waals surface area contributed by atoms with Crippen molar-refractivity contribution in [2.45, 2.75) is 19.0 Å². The zero-order valence-corrected chi connectivity index (χ0v) is 10.3. The molecule has 18 heavy (non-hydrogen) atoms. The molecule has 0 saturated heterocycles. The van der Waals surface area contributed by atoms with Crippen molar-refractivity contribution in [3.05, 3.63) is 29.6 Å². The van der Waals surface area contributed by atoms with E-state index in [2.05, 4.69) is 10.3 Å². The maximum absolute atomic E-state index is 10.7. The number of aromatic carboxylic acids is 1. The van der Waals surface area contributed by atoms with Crippen molar-refractivity contribution < 1.29 is 19.7 Å². The number of ether oxygens (including phenoxy) is 1. The van der Waals surface area contributed by atoms with Crippen LogP contribution >= 0.6 is 0 Å². The van der Waals surface area contributed by atoms with Gasteiger partial charge in [-0.2, -0.15) is 0 Å². The van der Waals surface area contributed by atoms with Crippen LogP contribution in [0, 0.1) is 0 Å². The predicted molar refractivity (Wildman–Crippen MR) is 65.4 cm³/mol. The van der Waals surface area contributed by atoms with E-state index in [0.717, 1.165) is 0 Å². The summed E-state index contributed by atoms with van der Waals surface area (Å²) in [5, 5.41) is 21.1. The normalized spacial score (nSPS) is 12.3. The smallest absolute Gasteiger partial charge is 0.354 e. The molecule has 6 nitrogen and oxygen atoms in total. The number of carbonyl (C=O) groups is 1. The molecular weight excluding hydrogens is 236 g/mol. The number of aliphatic hydroxyl groups is 1. The molecule has 3 N–H and O–H groups in total. The van der Waals surface area contributed by atoms with Crippen molar-refractivity contribution in [2.24, 2.45) is 0 Å². The molecule has 0 bridgehead atoms. The molecule has 0 aliphatic heterocycles. The number of hydrogen-bond donors (Lipinski definition) is 3. The van der Waals surface area contributed by atoms with Gasteiger partial charge in [0.2, 0.25) is 0 Å². The number of aliphatic hydroxyl groups excluding tert-OH is 1. The SMILES string of the molecule is COCCC(CO)NCc1cccc(C(=O)O)n1. The quantitative estimate of drug-likeness (QED) is 0.616. The third-order valence-corrected chi connectivity index (χ3v) is 2.49. The summed E-state index contributed by atoms with van der Waals surface area (Å²) in [7, 11) is 1.60. The van der Waals surface area contributed by atoms with Crippen LogP contribution in [-0.2, 0) is 11.3 Å². The van der Waals surface area contributed by atoms with Crippen molar-refractivity contribution in [2.75, 3.05) is 20.3 Å². The molecule has 1 heterocycles. The maximum atomic E-state index is 10.7. The molecular formula is C12H18N2O4. The Morgan fingerprint density at radius 2 is 2.33 bits per heavy atom. The lowest BCUT2D eigenvalue weighted by atomic mass is 10.2. The van der Waals surface area contributed by atoms with Crippen LogP contribution in [0.4, 0.5) is 0 Å². The van der Waals surface area contributed by atoms with Crippen LogP contribution in [0.5, 0.6) is 0 Å². The number of aromatic nitrogens is 1. The van der Waals surface area contributed by atoms with E-state index in [1.807, 2.05) is 0 Å². The Labute approximate surface area is 106 Å². The number of hydrogen-bond acceptors (Lipinski definition) is 5. The van der Waals surface area contributed by atoms with Gasteiger partial charge in [-0.15, -0.1) is 0 Å². The van der Waals surface area contributed by atoms with Gasteiger partial charge in [-0.25, -0.2) is 9.78 Å². The summed E-state index contributed by atoms with van der Waals surface area (Å²) < 4.78 is 4.93. The van der Waals surface area contributed by atoms with E-state index < -0.39 is 5.97 Å². The van der Waals surface area contributed by atoms with Crippen LogP contribution in [0.2, 0.25) is 0 Å². The van der Waals surface area contributed by atoms with Crippen LogP contribution in [0.1, 0.15) is 22.6 Å². The second-order valence-electron chi connectivity index (χ2n) is 3.86. The van der Waals surface area contributed by atoms with E-state index in [1.165, 1.54) is 6.07 Å². The Morgan fingerprint density at radius 3 is 2.94 bits per heavy atom. The van der Waals surface area contributed by atoms with Crippen LogP contribution in [-0.4, -0.2) is 47.5 Å². The average molecular weight is 254 g/mol. The molecule has 0 aliphatic rings. The molecule has 100 valence electrons. The Bertz CT molecular complexity index is 384. The summed E-state index contributed by atoms with van der Waals surface area (Å²) in [6.07, 6.45) is 0.686. The summed E-state index contributed by atoms with van der Waals surface area (Å²) in [5.41, 5.74) is 0.650. The molecule has 0 saturated carbocycles. The highest BCUT2D eigenvalue weighted by molar-refractivity contribution is 5.85. The second kappa shape index (κ2) is 7.75. The molecule has 1 unspecified atom stereocenters. The van der Waals surface area contributed by atoms with Gasteiger partial charge in [-0.3, -0.25) is 0 Å². The van der Waals surface area contributed by atoms with E-state index in [4.69, 9.17) is 14.9 Å². The number of methoxy groups -OCH3 is 1. The summed E-state index contributed by atoms with van der Waals surface area (Å²) >= 11 is 0. The van der Waals surface area contributed by atoms with Gasteiger partial charge in [0.15, 0.2) is 0 Å². The zero-order chi connectivity index (χ0) is 13.4. The Morgan fingerprint density at radius 1 is 1.56 bits per heavy atom. The molecule has 0 radical (unpaired) electrons. The topological polar surface area (TPSA) is 91.7 Å². The number of rotatable bonds is 8. The zero-order valence-electron chi connectivity index (χ0n) is 10.3. The molecule has 1 atom stereocenters. The number of carboxylic acid groups (broad SMARTS) is 1. The fourth-order valence-corrected chi connectivity index (χ4v) is 1.46. The van der Waals surface area contributed by atoms with Gasteiger partial charge < -0.3 is 20.3 Å². The standard InChI is InChI=1S/C12H18N2O4/c1-18-6-5-10(8-15)13-7-9-3-2-4-11(14-9)12(16)17/h2-4,10,13,15H,5-8H2,1H3,(H,16,17). The van der Waals surface area contributed by atoms with Crippen LogP contribution in [0.15, 0.2) is 18.2 Å². The number of pyridine rings is 1. The fourth-order valence-electron chi connectivity index (χ4n) is 1.46. The molecule has 1 rings (SSSR count). The minimum atomic E-state index is -1.05. The van der Waals surface area contributed by atoms with E-state index in [-0.39, 0.29) is 18.3 Å². The lowest BCUT2D eigenvalue weighted by Gasteiger charge is -2.15. The summed E-state index contributed by atoms with van der Waals surface area (Å²) in [6, 6.07) is 4.75. The van der Waals surface area contributed by atoms with E-state index in [1.54, 1.807) is 19.2 Å². The highest BCUT2D eigenvalue weighted by Crippen LogP contribution is 2.01. The number of nitrogens with one attached hydrogen (secondary N) is 1. The summed E-state index contributed by atoms with van der Waals surface area (Å²) in [5.74, 6) is -1.05. The molecule has 0 fully saturated rings. The molecule has 0 amide bonds. The first kappa shape index (κ1) is 14.6. The third kappa shape index (κ3) is 4.79. The van der Waals surface area contributed by atoms with E-state index in [9.17, 15) is 4.79 Å². The molecule has 0 aliphatic carbocycles. The van der Waals surface area contributed by atoms with E-state index in [0.29, 0.717) is 25.3 Å². The van der Waals surface area contributed by atoms with Gasteiger partial charge in [-0.05, 0) is 18.6 Å². The van der Waals surface area contributed by atoms with Crippen LogP contribution < -0.4 is 5.32 Å². The van der Waals surface area contributed by atoms with Crippen molar-refractivity contribution in [3.63, 3.8) is 0 Å². The molecule has 6 heteroatoms. The Hall–Kier alpha value is -1.50. The predicted octanol–water partition coefficient (Wildman–Crippen LogP) is 0.267. The monoisotopic (exact) mass is 254 g/mol. The Balaban J connectivity index is 2.51. The van der Waals surface area contributed by atoms with Crippen molar-refractivity contribution in [1.29, 1.82) is 0 Å². The van der Waals surface area contributed by atoms with Gasteiger partial charge in [0.05, 0.1) is 12.3 Å². The largest absolute Gasteiger partial charge is 0.477 e. The molecule has 1 aromatic heterocycles. The molecule has 1 aromatic rings. The highest BCUT2D eigenvalue weighted by Gasteiger charge is 2.08. The van der Waals surface area contributed by atoms with Crippen molar-refractivity contribution in [1.82, 2.24) is 10.3 Å². The van der Waals surface area contributed by atoms with Gasteiger partial charge in [-0.1, -0.05) is 6.07 Å². The lowest BCUT2D eigenvalue weighted by Crippen LogP contribution is -2.33. The minimum Gasteiger partial charge on any atom is -0.477 e. The number of carboxylic acids is 1. The molecule has 0 spiro atoms. The molecule has 0 aromatic carbocycles. The summed E-state index contributed by atoms with van der Waals surface area (Å²) in [4.78, 5) is 14.7. The number of nitrogens with zero attached hydrogens (tertiary/aromatic N) is 1. The first-order valence-electron chi connectivity index (χ1n) is 5.69. The highest BCUT2D eigenvalue weighted by atomic mass is 16.5. The van der Waals surface area contributed by atoms with Crippen molar-refractivity contribution in [3.8, 4) is 0 Å². The fraction of sp³-hybridized carbons (Fsp3) is 0.500. The van der Waals surface area contributed by atoms with Gasteiger partial charge in [0.25, 0.3) is 0 Å². The van der Waals surface area contributed by atoms with Gasteiger partial charge in [0.1, 0.15) is 5.69 Å². The third-order valence-electron chi connectivity index (χ3n) is 2.49. The van der Waals surface area contributed by atoms with E-state index >= 15 is 0 Å². The van der Waals surface area contributed by atoms with Crippen molar-refractivity contribution >= 4 is 5.97 Å². The van der Waals surface area contributed by atoms with Crippen LogP contribution in [0.3, 0.4) is 0 Å². The first-order valence-corrected chi connectivity index (χ1v) is 5.69.